The highest BCUT2D eigenvalue weighted by Gasteiger charge is 2.01. The molecule has 0 atom stereocenters. The maximum atomic E-state index is 11.6. The zero-order valence-corrected chi connectivity index (χ0v) is 12.0. The summed E-state index contributed by atoms with van der Waals surface area (Å²) in [5.74, 6) is -0.0733. The SMILES string of the molecule is CCCCOCCNCC(=O)Nc1ccc(Cl)cc1. The van der Waals surface area contributed by atoms with Crippen molar-refractivity contribution in [1.82, 2.24) is 5.32 Å². The second-order valence-corrected chi connectivity index (χ2v) is 4.63. The lowest BCUT2D eigenvalue weighted by atomic mass is 10.3. The number of amides is 1. The summed E-state index contributed by atoms with van der Waals surface area (Å²) in [6.07, 6.45) is 2.22. The Labute approximate surface area is 119 Å². The van der Waals surface area contributed by atoms with Crippen molar-refractivity contribution >= 4 is 23.2 Å². The lowest BCUT2D eigenvalue weighted by Crippen LogP contribution is -2.30. The molecule has 19 heavy (non-hydrogen) atoms. The Morgan fingerprint density at radius 2 is 2.00 bits per heavy atom. The minimum absolute atomic E-state index is 0.0733. The average molecular weight is 285 g/mol. The van der Waals surface area contributed by atoms with E-state index < -0.39 is 0 Å². The topological polar surface area (TPSA) is 50.4 Å². The first-order chi connectivity index (χ1) is 9.22. The lowest BCUT2D eigenvalue weighted by Gasteiger charge is -2.07. The van der Waals surface area contributed by atoms with Gasteiger partial charge in [-0.3, -0.25) is 4.79 Å². The molecule has 0 aromatic heterocycles. The second-order valence-electron chi connectivity index (χ2n) is 4.20. The second kappa shape index (κ2) is 9.78. The van der Waals surface area contributed by atoms with Crippen molar-refractivity contribution in [1.29, 1.82) is 0 Å². The number of carbonyl (C=O) groups excluding carboxylic acids is 1. The first kappa shape index (κ1) is 16.0. The number of ether oxygens (including phenoxy) is 1. The first-order valence-corrected chi connectivity index (χ1v) is 6.94. The summed E-state index contributed by atoms with van der Waals surface area (Å²) in [7, 11) is 0. The summed E-state index contributed by atoms with van der Waals surface area (Å²) < 4.78 is 5.38. The highest BCUT2D eigenvalue weighted by Crippen LogP contribution is 2.12. The van der Waals surface area contributed by atoms with E-state index in [9.17, 15) is 4.79 Å². The average Bonchev–Trinajstić information content (AvgIpc) is 2.40. The maximum Gasteiger partial charge on any atom is 0.238 e. The van der Waals surface area contributed by atoms with Crippen LogP contribution in [-0.2, 0) is 9.53 Å². The molecular formula is C14H21ClN2O2. The molecule has 0 bridgehead atoms. The van der Waals surface area contributed by atoms with Gasteiger partial charge < -0.3 is 15.4 Å². The van der Waals surface area contributed by atoms with Crippen LogP contribution in [0.4, 0.5) is 5.69 Å². The van der Waals surface area contributed by atoms with Crippen molar-refractivity contribution in [3.05, 3.63) is 29.3 Å². The van der Waals surface area contributed by atoms with Crippen LogP contribution in [0.2, 0.25) is 5.02 Å². The van der Waals surface area contributed by atoms with E-state index in [4.69, 9.17) is 16.3 Å². The van der Waals surface area contributed by atoms with Crippen LogP contribution in [0, 0.1) is 0 Å². The molecule has 1 aromatic rings. The summed E-state index contributed by atoms with van der Waals surface area (Å²) in [6.45, 7) is 4.50. The number of nitrogens with one attached hydrogen (secondary N) is 2. The van der Waals surface area contributed by atoms with Gasteiger partial charge in [-0.1, -0.05) is 24.9 Å². The zero-order valence-electron chi connectivity index (χ0n) is 11.2. The van der Waals surface area contributed by atoms with Crippen molar-refractivity contribution in [2.75, 3.05) is 31.6 Å². The Morgan fingerprint density at radius 3 is 2.68 bits per heavy atom. The number of unbranched alkanes of at least 4 members (excludes halogenated alkanes) is 1. The monoisotopic (exact) mass is 284 g/mol. The number of halogens is 1. The fourth-order valence-corrected chi connectivity index (χ4v) is 1.56. The molecule has 0 radical (unpaired) electrons. The number of hydrogen-bond acceptors (Lipinski definition) is 3. The highest BCUT2D eigenvalue weighted by atomic mass is 35.5. The molecule has 5 heteroatoms. The van der Waals surface area contributed by atoms with Crippen LogP contribution < -0.4 is 10.6 Å². The molecule has 1 aromatic carbocycles. The van der Waals surface area contributed by atoms with E-state index in [1.165, 1.54) is 0 Å². The fourth-order valence-electron chi connectivity index (χ4n) is 1.43. The molecule has 106 valence electrons. The van der Waals surface area contributed by atoms with Crippen molar-refractivity contribution in [3.63, 3.8) is 0 Å². The van der Waals surface area contributed by atoms with Gasteiger partial charge in [0.05, 0.1) is 13.2 Å². The molecule has 0 aliphatic carbocycles. The van der Waals surface area contributed by atoms with Gasteiger partial charge in [0.2, 0.25) is 5.91 Å². The first-order valence-electron chi connectivity index (χ1n) is 6.56. The van der Waals surface area contributed by atoms with Crippen LogP contribution in [0.1, 0.15) is 19.8 Å². The summed E-state index contributed by atoms with van der Waals surface area (Å²) >= 11 is 5.76. The van der Waals surface area contributed by atoms with Crippen molar-refractivity contribution in [2.24, 2.45) is 0 Å². The van der Waals surface area contributed by atoms with Gasteiger partial charge >= 0.3 is 0 Å². The summed E-state index contributed by atoms with van der Waals surface area (Å²) in [6, 6.07) is 7.03. The number of benzene rings is 1. The Morgan fingerprint density at radius 1 is 1.26 bits per heavy atom. The van der Waals surface area contributed by atoms with Crippen LogP contribution in [-0.4, -0.2) is 32.2 Å². The summed E-state index contributed by atoms with van der Waals surface area (Å²) in [5.41, 5.74) is 0.746. The Hall–Kier alpha value is -1.10. The molecule has 1 amide bonds. The van der Waals surface area contributed by atoms with Crippen LogP contribution >= 0.6 is 11.6 Å². The number of carbonyl (C=O) groups is 1. The van der Waals surface area contributed by atoms with Gasteiger partial charge in [-0.25, -0.2) is 0 Å². The number of hydrogen-bond donors (Lipinski definition) is 2. The normalized spacial score (nSPS) is 10.4. The van der Waals surface area contributed by atoms with E-state index in [2.05, 4.69) is 17.6 Å². The Kier molecular flexibility index (Phi) is 8.21. The van der Waals surface area contributed by atoms with Gasteiger partial charge in [0, 0.05) is 23.9 Å². The summed E-state index contributed by atoms with van der Waals surface area (Å²) in [4.78, 5) is 11.6. The highest BCUT2D eigenvalue weighted by molar-refractivity contribution is 6.30. The fraction of sp³-hybridized carbons (Fsp3) is 0.500. The van der Waals surface area contributed by atoms with Gasteiger partial charge in [0.15, 0.2) is 0 Å². The molecule has 0 aliphatic rings. The van der Waals surface area contributed by atoms with E-state index in [0.29, 0.717) is 18.2 Å². The van der Waals surface area contributed by atoms with Gasteiger partial charge in [-0.2, -0.15) is 0 Å². The van der Waals surface area contributed by atoms with E-state index in [1.54, 1.807) is 24.3 Å². The largest absolute Gasteiger partial charge is 0.380 e. The molecule has 2 N–H and O–H groups in total. The van der Waals surface area contributed by atoms with Gasteiger partial charge in [-0.15, -0.1) is 0 Å². The van der Waals surface area contributed by atoms with Crippen LogP contribution in [0.5, 0.6) is 0 Å². The molecule has 0 fully saturated rings. The minimum Gasteiger partial charge on any atom is -0.380 e. The Balaban J connectivity index is 2.06. The predicted molar refractivity (Wildman–Crippen MR) is 78.7 cm³/mol. The smallest absolute Gasteiger partial charge is 0.238 e. The van der Waals surface area contributed by atoms with Crippen molar-refractivity contribution < 1.29 is 9.53 Å². The molecule has 0 spiro atoms. The molecule has 1 rings (SSSR count). The van der Waals surface area contributed by atoms with E-state index in [-0.39, 0.29) is 12.5 Å². The molecule has 0 unspecified atom stereocenters. The molecule has 0 saturated carbocycles. The third kappa shape index (κ3) is 7.82. The number of anilines is 1. The quantitative estimate of drug-likeness (QED) is 0.686. The maximum absolute atomic E-state index is 11.6. The van der Waals surface area contributed by atoms with Crippen LogP contribution in [0.3, 0.4) is 0 Å². The molecular weight excluding hydrogens is 264 g/mol. The van der Waals surface area contributed by atoms with Crippen LogP contribution in [0.25, 0.3) is 0 Å². The van der Waals surface area contributed by atoms with Gasteiger partial charge in [-0.05, 0) is 30.7 Å². The molecule has 0 heterocycles. The summed E-state index contributed by atoms with van der Waals surface area (Å²) in [5, 5.41) is 6.46. The van der Waals surface area contributed by atoms with E-state index >= 15 is 0 Å². The predicted octanol–water partition coefficient (Wildman–Crippen LogP) is 2.68. The molecule has 4 nitrogen and oxygen atoms in total. The van der Waals surface area contributed by atoms with Crippen LogP contribution in [0.15, 0.2) is 24.3 Å². The van der Waals surface area contributed by atoms with E-state index in [1.807, 2.05) is 0 Å². The van der Waals surface area contributed by atoms with Crippen molar-refractivity contribution in [2.45, 2.75) is 19.8 Å². The molecule has 0 saturated heterocycles. The Bertz CT molecular complexity index is 368. The van der Waals surface area contributed by atoms with Gasteiger partial charge in [0.25, 0.3) is 0 Å². The van der Waals surface area contributed by atoms with Crippen molar-refractivity contribution in [3.8, 4) is 0 Å². The third-order valence-corrected chi connectivity index (χ3v) is 2.73. The third-order valence-electron chi connectivity index (χ3n) is 2.48. The molecule has 0 aliphatic heterocycles. The zero-order chi connectivity index (χ0) is 13.9. The van der Waals surface area contributed by atoms with E-state index in [0.717, 1.165) is 25.1 Å². The standard InChI is InChI=1S/C14H21ClN2O2/c1-2-3-9-19-10-8-16-11-14(18)17-13-6-4-12(15)5-7-13/h4-7,16H,2-3,8-11H2,1H3,(H,17,18). The lowest BCUT2D eigenvalue weighted by molar-refractivity contribution is -0.115. The van der Waals surface area contributed by atoms with Gasteiger partial charge in [0.1, 0.15) is 0 Å². The minimum atomic E-state index is -0.0733. The number of rotatable bonds is 9.